The molecule has 0 radical (unpaired) electrons. The molecule has 1 unspecified atom stereocenters. The van der Waals surface area contributed by atoms with Gasteiger partial charge in [0.05, 0.1) is 17.7 Å². The maximum absolute atomic E-state index is 15.7. The van der Waals surface area contributed by atoms with Gasteiger partial charge in [0.2, 0.25) is 5.95 Å². The zero-order chi connectivity index (χ0) is 34.1. The van der Waals surface area contributed by atoms with E-state index in [1.54, 1.807) is 30.4 Å². The van der Waals surface area contributed by atoms with E-state index in [2.05, 4.69) is 37.0 Å². The largest absolute Gasteiger partial charge is 0.490 e. The van der Waals surface area contributed by atoms with Crippen molar-refractivity contribution in [1.82, 2.24) is 41.4 Å². The Morgan fingerprint density at radius 3 is 2.49 bits per heavy atom. The van der Waals surface area contributed by atoms with Crippen LogP contribution in [0, 0.1) is 5.82 Å². The molecular weight excluding hydrogens is 642 g/mol. The molecule has 4 heterocycles. The number of alkyl halides is 3. The number of fused-ring (bicyclic) bond motifs is 1. The number of rotatable bonds is 8. The summed E-state index contributed by atoms with van der Waals surface area (Å²) < 4.78 is 64.9. The number of nitrogens with one attached hydrogen (secondary N) is 5. The van der Waals surface area contributed by atoms with Crippen molar-refractivity contribution in [2.24, 2.45) is 0 Å². The van der Waals surface area contributed by atoms with Crippen LogP contribution in [-0.4, -0.2) is 45.9 Å². The highest BCUT2D eigenvalue weighted by molar-refractivity contribution is 5.82. The molecule has 11 nitrogen and oxygen atoms in total. The first kappa shape index (κ1) is 32.6. The van der Waals surface area contributed by atoms with Crippen LogP contribution in [0.2, 0.25) is 0 Å². The Morgan fingerprint density at radius 1 is 1.00 bits per heavy atom. The van der Waals surface area contributed by atoms with Crippen LogP contribution < -0.4 is 37.3 Å². The first-order valence-electron chi connectivity index (χ1n) is 15.7. The second-order valence-corrected chi connectivity index (χ2v) is 11.9. The molecule has 254 valence electrons. The maximum Gasteiger partial charge on any atom is 0.416 e. The third-order valence-corrected chi connectivity index (χ3v) is 8.49. The van der Waals surface area contributed by atoms with E-state index in [0.29, 0.717) is 16.6 Å². The first-order chi connectivity index (χ1) is 23.6. The van der Waals surface area contributed by atoms with Gasteiger partial charge in [0, 0.05) is 29.9 Å². The molecule has 3 aromatic carbocycles. The lowest BCUT2D eigenvalue weighted by atomic mass is 10.0. The van der Waals surface area contributed by atoms with Crippen LogP contribution in [0.1, 0.15) is 35.7 Å². The van der Waals surface area contributed by atoms with E-state index in [-0.39, 0.29) is 34.4 Å². The van der Waals surface area contributed by atoms with Gasteiger partial charge in [0.1, 0.15) is 29.5 Å². The van der Waals surface area contributed by atoms with E-state index in [1.165, 1.54) is 42.6 Å². The number of pyridine rings is 1. The molecular formula is C34H33F4N9O2. The lowest BCUT2D eigenvalue weighted by Gasteiger charge is -2.23. The zero-order valence-corrected chi connectivity index (χ0v) is 26.3. The van der Waals surface area contributed by atoms with Gasteiger partial charge in [0.25, 0.3) is 5.56 Å². The molecule has 49 heavy (non-hydrogen) atoms. The molecule has 0 bridgehead atoms. The number of anilines is 2. The highest BCUT2D eigenvalue weighted by atomic mass is 19.4. The van der Waals surface area contributed by atoms with E-state index < -0.39 is 35.8 Å². The monoisotopic (exact) mass is 675 g/mol. The maximum atomic E-state index is 15.7. The fourth-order valence-electron chi connectivity index (χ4n) is 6.02. The number of benzene rings is 3. The molecule has 15 heteroatoms. The summed E-state index contributed by atoms with van der Waals surface area (Å²) in [5.41, 5.74) is 8.32. The summed E-state index contributed by atoms with van der Waals surface area (Å²) in [6, 6.07) is 18.2. The zero-order valence-electron chi connectivity index (χ0n) is 26.3. The van der Waals surface area contributed by atoms with Crippen LogP contribution in [0.15, 0.2) is 83.8 Å². The summed E-state index contributed by atoms with van der Waals surface area (Å²) in [5, 5.41) is 8.31. The molecule has 0 spiro atoms. The van der Waals surface area contributed by atoms with Gasteiger partial charge in [-0.1, -0.05) is 30.3 Å². The predicted octanol–water partition coefficient (Wildman–Crippen LogP) is 5.00. The highest BCUT2D eigenvalue weighted by Crippen LogP contribution is 2.33. The van der Waals surface area contributed by atoms with E-state index in [1.807, 2.05) is 12.1 Å². The molecule has 0 amide bonds. The van der Waals surface area contributed by atoms with Gasteiger partial charge >= 0.3 is 6.18 Å². The highest BCUT2D eigenvalue weighted by Gasteiger charge is 2.33. The lowest BCUT2D eigenvalue weighted by Crippen LogP contribution is -2.35. The quantitative estimate of drug-likeness (QED) is 0.144. The molecule has 0 saturated carbocycles. The van der Waals surface area contributed by atoms with Gasteiger partial charge in [-0.2, -0.15) is 28.8 Å². The van der Waals surface area contributed by atoms with Crippen LogP contribution in [0.3, 0.4) is 0 Å². The number of hydrazine groups is 3. The summed E-state index contributed by atoms with van der Waals surface area (Å²) in [5.74, 6) is 0.165. The molecule has 2 fully saturated rings. The third-order valence-electron chi connectivity index (χ3n) is 8.49. The van der Waals surface area contributed by atoms with Crippen molar-refractivity contribution < 1.29 is 22.3 Å². The fourth-order valence-corrected chi connectivity index (χ4v) is 6.02. The fraction of sp³-hybridized carbons (Fsp3) is 0.265. The molecule has 0 aliphatic carbocycles. The summed E-state index contributed by atoms with van der Waals surface area (Å²) in [7, 11) is 1.73. The molecule has 1 atom stereocenters. The Morgan fingerprint density at radius 2 is 1.78 bits per heavy atom. The Kier molecular flexibility index (Phi) is 9.00. The van der Waals surface area contributed by atoms with Crippen molar-refractivity contribution in [3.05, 3.63) is 112 Å². The van der Waals surface area contributed by atoms with Crippen molar-refractivity contribution in [2.45, 2.75) is 37.8 Å². The second-order valence-electron chi connectivity index (χ2n) is 11.9. The van der Waals surface area contributed by atoms with Gasteiger partial charge in [0.15, 0.2) is 0 Å². The van der Waals surface area contributed by atoms with Gasteiger partial charge in [-0.05, 0) is 79.5 Å². The smallest absolute Gasteiger partial charge is 0.416 e. The van der Waals surface area contributed by atoms with Crippen molar-refractivity contribution in [2.75, 3.05) is 25.5 Å². The van der Waals surface area contributed by atoms with Crippen LogP contribution in [-0.2, 0) is 12.7 Å². The van der Waals surface area contributed by atoms with Crippen molar-refractivity contribution >= 4 is 22.7 Å². The summed E-state index contributed by atoms with van der Waals surface area (Å²) in [4.78, 5) is 23.1. The number of halogens is 4. The minimum atomic E-state index is -4.66. The van der Waals surface area contributed by atoms with Crippen molar-refractivity contribution in [1.29, 1.82) is 0 Å². The Balaban J connectivity index is 1.26. The Labute approximate surface area is 278 Å². The summed E-state index contributed by atoms with van der Waals surface area (Å²) >= 11 is 0. The molecule has 7 rings (SSSR count). The van der Waals surface area contributed by atoms with Crippen LogP contribution in [0.25, 0.3) is 22.2 Å². The lowest BCUT2D eigenvalue weighted by molar-refractivity contribution is -0.138. The number of nitrogens with zero attached hydrogens (tertiary/aromatic N) is 4. The number of aromatic nitrogens is 3. The van der Waals surface area contributed by atoms with Crippen LogP contribution in [0.4, 0.5) is 29.2 Å². The summed E-state index contributed by atoms with van der Waals surface area (Å²) in [6.07, 6.45) is -1.66. The predicted molar refractivity (Wildman–Crippen MR) is 176 cm³/mol. The SMILES string of the molecule is CN1NNC(c2ccc(-c3cc4cnc(Nc5ccc(OC6CCNCC6)cc5)nc4n(Cc4ccccc4C(F)(F)F)c3=O)c(F)c2)N1. The van der Waals surface area contributed by atoms with Crippen molar-refractivity contribution in [3.63, 3.8) is 0 Å². The van der Waals surface area contributed by atoms with Gasteiger partial charge in [-0.15, -0.1) is 0 Å². The van der Waals surface area contributed by atoms with E-state index in [4.69, 9.17) is 4.74 Å². The Bertz CT molecular complexity index is 2030. The average molecular weight is 676 g/mol. The van der Waals surface area contributed by atoms with Gasteiger partial charge in [-0.25, -0.2) is 20.2 Å². The molecule has 2 aliphatic heterocycles. The van der Waals surface area contributed by atoms with Crippen molar-refractivity contribution in [3.8, 4) is 16.9 Å². The van der Waals surface area contributed by atoms with Crippen LogP contribution >= 0.6 is 0 Å². The standard InChI is InChI=1S/C34H33F4N9O2/c1-46-44-30(43-45-46)20-6-11-26(29(35)17-20)27-16-22-18-40-33(41-23-7-9-24(10-8-23)49-25-12-14-39-15-13-25)42-31(22)47(32(27)48)19-21-4-2-3-5-28(21)34(36,37)38/h2-11,16-18,25,30,39,43-45H,12-15,19H2,1H3,(H,40,41,42). The average Bonchev–Trinajstić information content (AvgIpc) is 3.53. The second kappa shape index (κ2) is 13.5. The summed E-state index contributed by atoms with van der Waals surface area (Å²) in [6.45, 7) is 1.35. The Hall–Kier alpha value is -4.93. The normalized spacial score (nSPS) is 17.4. The molecule has 5 aromatic rings. The third kappa shape index (κ3) is 7.11. The van der Waals surface area contributed by atoms with Gasteiger partial charge in [-0.3, -0.25) is 9.36 Å². The minimum absolute atomic E-state index is 0.0122. The minimum Gasteiger partial charge on any atom is -0.490 e. The van der Waals surface area contributed by atoms with Gasteiger partial charge < -0.3 is 15.4 Å². The van der Waals surface area contributed by atoms with E-state index in [9.17, 15) is 18.0 Å². The number of hydrogen-bond acceptors (Lipinski definition) is 10. The number of hydrogen-bond donors (Lipinski definition) is 5. The van der Waals surface area contributed by atoms with Crippen LogP contribution in [0.5, 0.6) is 5.75 Å². The van der Waals surface area contributed by atoms with E-state index in [0.717, 1.165) is 42.3 Å². The molecule has 2 aromatic heterocycles. The number of piperidine rings is 1. The molecule has 5 N–H and O–H groups in total. The molecule has 2 aliphatic rings. The first-order valence-corrected chi connectivity index (χ1v) is 15.7. The topological polar surface area (TPSA) is 120 Å². The molecule has 2 saturated heterocycles. The van der Waals surface area contributed by atoms with E-state index >= 15 is 4.39 Å². The number of ether oxygens (including phenoxy) is 1.